The molecule has 0 spiro atoms. The van der Waals surface area contributed by atoms with Crippen molar-refractivity contribution in [1.82, 2.24) is 5.32 Å². The van der Waals surface area contributed by atoms with Crippen molar-refractivity contribution in [1.29, 1.82) is 0 Å². The van der Waals surface area contributed by atoms with E-state index in [1.165, 1.54) is 0 Å². The molecule has 0 radical (unpaired) electrons. The molecule has 0 saturated heterocycles. The first kappa shape index (κ1) is 23.0. The number of methoxy groups -OCH3 is 1. The highest BCUT2D eigenvalue weighted by Gasteiger charge is 2.35. The van der Waals surface area contributed by atoms with Crippen molar-refractivity contribution in [2.24, 2.45) is 5.73 Å². The Bertz CT molecular complexity index is 831. The van der Waals surface area contributed by atoms with Crippen LogP contribution in [0.1, 0.15) is 16.7 Å². The Morgan fingerprint density at radius 2 is 1.19 bits per heavy atom. The first-order valence-electron chi connectivity index (χ1n) is 10.7. The highest BCUT2D eigenvalue weighted by Crippen LogP contribution is 2.37. The molecule has 0 saturated carbocycles. The van der Waals surface area contributed by atoms with Gasteiger partial charge in [0.15, 0.2) is 0 Å². The fourth-order valence-corrected chi connectivity index (χ4v) is 3.74. The van der Waals surface area contributed by atoms with Crippen LogP contribution >= 0.6 is 0 Å². The highest BCUT2D eigenvalue weighted by atomic mass is 16.5. The van der Waals surface area contributed by atoms with E-state index in [1.807, 2.05) is 24.3 Å². The molecule has 0 heterocycles. The van der Waals surface area contributed by atoms with E-state index in [4.69, 9.17) is 19.9 Å². The van der Waals surface area contributed by atoms with Gasteiger partial charge in [0.2, 0.25) is 0 Å². The lowest BCUT2D eigenvalue weighted by atomic mass is 9.77. The van der Waals surface area contributed by atoms with Crippen molar-refractivity contribution in [3.8, 4) is 5.75 Å². The Hall–Kier alpha value is -2.70. The number of hydrogen-bond acceptors (Lipinski definition) is 5. The second kappa shape index (κ2) is 12.2. The summed E-state index contributed by atoms with van der Waals surface area (Å²) in [6.45, 7) is 3.44. The molecular formula is C26H32N2O3. The zero-order chi connectivity index (χ0) is 21.8. The van der Waals surface area contributed by atoms with Crippen LogP contribution in [0.4, 0.5) is 0 Å². The first-order chi connectivity index (χ1) is 15.3. The molecule has 0 bridgehead atoms. The predicted molar refractivity (Wildman–Crippen MR) is 124 cm³/mol. The lowest BCUT2D eigenvalue weighted by Crippen LogP contribution is -2.46. The fraction of sp³-hybridized carbons (Fsp3) is 0.308. The van der Waals surface area contributed by atoms with E-state index in [9.17, 15) is 0 Å². The van der Waals surface area contributed by atoms with Crippen LogP contribution in [0.3, 0.4) is 0 Å². The molecule has 0 aliphatic heterocycles. The quantitative estimate of drug-likeness (QED) is 0.327. The minimum absolute atomic E-state index is 0.520. The second-order valence-corrected chi connectivity index (χ2v) is 7.15. The zero-order valence-corrected chi connectivity index (χ0v) is 18.1. The van der Waals surface area contributed by atoms with Crippen molar-refractivity contribution in [2.75, 3.05) is 46.6 Å². The van der Waals surface area contributed by atoms with Gasteiger partial charge in [0.1, 0.15) is 5.75 Å². The van der Waals surface area contributed by atoms with Gasteiger partial charge in [-0.25, -0.2) is 0 Å². The SMILES string of the molecule is COc1ccc(C(NCCOCCOCCN)(c2ccccc2)c2ccccc2)cc1. The molecule has 3 rings (SSSR count). The maximum absolute atomic E-state index is 5.77. The number of rotatable bonds is 13. The van der Waals surface area contributed by atoms with E-state index in [0.717, 1.165) is 22.4 Å². The van der Waals surface area contributed by atoms with Gasteiger partial charge in [0.05, 0.1) is 39.1 Å². The summed E-state index contributed by atoms with van der Waals surface area (Å²) in [4.78, 5) is 0. The molecular weight excluding hydrogens is 388 g/mol. The monoisotopic (exact) mass is 420 g/mol. The summed E-state index contributed by atoms with van der Waals surface area (Å²) in [6, 6.07) is 29.2. The Morgan fingerprint density at radius 3 is 1.71 bits per heavy atom. The molecule has 5 heteroatoms. The molecule has 0 unspecified atom stereocenters. The van der Waals surface area contributed by atoms with Gasteiger partial charge in [-0.2, -0.15) is 0 Å². The first-order valence-corrected chi connectivity index (χ1v) is 10.7. The average Bonchev–Trinajstić information content (AvgIpc) is 2.84. The molecule has 0 aliphatic carbocycles. The molecule has 3 aromatic rings. The maximum Gasteiger partial charge on any atom is 0.118 e. The number of nitrogens with two attached hydrogens (primary N) is 1. The lowest BCUT2D eigenvalue weighted by Gasteiger charge is -2.37. The molecule has 0 atom stereocenters. The van der Waals surface area contributed by atoms with E-state index < -0.39 is 5.54 Å². The summed E-state index contributed by atoms with van der Waals surface area (Å²) < 4.78 is 16.5. The van der Waals surface area contributed by atoms with Gasteiger partial charge in [-0.15, -0.1) is 0 Å². The zero-order valence-electron chi connectivity index (χ0n) is 18.1. The molecule has 0 fully saturated rings. The third-order valence-corrected chi connectivity index (χ3v) is 5.21. The molecule has 0 aromatic heterocycles. The van der Waals surface area contributed by atoms with Crippen LogP contribution in [0, 0.1) is 0 Å². The standard InChI is InChI=1S/C26H32N2O3/c1-29-25-14-12-24(13-15-25)26(22-8-4-2-5-9-22,23-10-6-3-7-11-23)28-17-19-31-21-20-30-18-16-27/h2-15,28H,16-21,27H2,1H3. The number of hydrogen-bond donors (Lipinski definition) is 2. The van der Waals surface area contributed by atoms with E-state index >= 15 is 0 Å². The smallest absolute Gasteiger partial charge is 0.118 e. The fourth-order valence-electron chi connectivity index (χ4n) is 3.74. The Kier molecular flexibility index (Phi) is 9.06. The molecule has 3 aromatic carbocycles. The normalized spacial score (nSPS) is 11.4. The minimum Gasteiger partial charge on any atom is -0.497 e. The predicted octanol–water partition coefficient (Wildman–Crippen LogP) is 3.57. The Balaban J connectivity index is 1.88. The van der Waals surface area contributed by atoms with Crippen LogP contribution in [-0.4, -0.2) is 46.6 Å². The molecule has 31 heavy (non-hydrogen) atoms. The molecule has 5 nitrogen and oxygen atoms in total. The van der Waals surface area contributed by atoms with E-state index in [-0.39, 0.29) is 0 Å². The third-order valence-electron chi connectivity index (χ3n) is 5.21. The molecule has 3 N–H and O–H groups in total. The summed E-state index contributed by atoms with van der Waals surface area (Å²) in [7, 11) is 1.68. The lowest BCUT2D eigenvalue weighted by molar-refractivity contribution is 0.0507. The second-order valence-electron chi connectivity index (χ2n) is 7.15. The Morgan fingerprint density at radius 1 is 0.677 bits per heavy atom. The summed E-state index contributed by atoms with van der Waals surface area (Å²) >= 11 is 0. The van der Waals surface area contributed by atoms with Gasteiger partial charge >= 0.3 is 0 Å². The van der Waals surface area contributed by atoms with Gasteiger partial charge in [-0.05, 0) is 28.8 Å². The van der Waals surface area contributed by atoms with Gasteiger partial charge < -0.3 is 19.9 Å². The van der Waals surface area contributed by atoms with Gasteiger partial charge in [-0.3, -0.25) is 5.32 Å². The minimum atomic E-state index is -0.520. The average molecular weight is 421 g/mol. The van der Waals surface area contributed by atoms with E-state index in [1.54, 1.807) is 7.11 Å². The maximum atomic E-state index is 5.77. The van der Waals surface area contributed by atoms with Crippen LogP contribution in [-0.2, 0) is 15.0 Å². The summed E-state index contributed by atoms with van der Waals surface area (Å²) in [5.74, 6) is 0.833. The topological polar surface area (TPSA) is 65.7 Å². The van der Waals surface area contributed by atoms with Crippen molar-refractivity contribution in [3.63, 3.8) is 0 Å². The van der Waals surface area contributed by atoms with Crippen LogP contribution in [0.15, 0.2) is 84.9 Å². The van der Waals surface area contributed by atoms with E-state index in [2.05, 4.69) is 66.0 Å². The van der Waals surface area contributed by atoms with Crippen LogP contribution in [0.5, 0.6) is 5.75 Å². The van der Waals surface area contributed by atoms with Gasteiger partial charge in [-0.1, -0.05) is 72.8 Å². The van der Waals surface area contributed by atoms with Gasteiger partial charge in [0, 0.05) is 13.1 Å². The summed E-state index contributed by atoms with van der Waals surface area (Å²) in [6.07, 6.45) is 0. The van der Waals surface area contributed by atoms with E-state index in [0.29, 0.717) is 39.5 Å². The third kappa shape index (κ3) is 5.93. The highest BCUT2D eigenvalue weighted by molar-refractivity contribution is 5.50. The summed E-state index contributed by atoms with van der Waals surface area (Å²) in [5, 5.41) is 3.80. The molecule has 0 aliphatic rings. The van der Waals surface area contributed by atoms with Crippen molar-refractivity contribution in [3.05, 3.63) is 102 Å². The van der Waals surface area contributed by atoms with Crippen molar-refractivity contribution >= 4 is 0 Å². The largest absolute Gasteiger partial charge is 0.497 e. The van der Waals surface area contributed by atoms with Crippen molar-refractivity contribution in [2.45, 2.75) is 5.54 Å². The van der Waals surface area contributed by atoms with Gasteiger partial charge in [0.25, 0.3) is 0 Å². The number of ether oxygens (including phenoxy) is 3. The number of nitrogens with one attached hydrogen (secondary N) is 1. The summed E-state index contributed by atoms with van der Waals surface area (Å²) in [5.41, 5.74) is 8.38. The Labute approximate surface area is 185 Å². The molecule has 164 valence electrons. The van der Waals surface area contributed by atoms with Crippen LogP contribution < -0.4 is 15.8 Å². The van der Waals surface area contributed by atoms with Crippen LogP contribution in [0.2, 0.25) is 0 Å². The molecule has 0 amide bonds. The van der Waals surface area contributed by atoms with Crippen molar-refractivity contribution < 1.29 is 14.2 Å². The van der Waals surface area contributed by atoms with Crippen LogP contribution in [0.25, 0.3) is 0 Å². The number of benzene rings is 3.